The number of methoxy groups -OCH3 is 2. The molecule has 0 amide bonds. The van der Waals surface area contributed by atoms with Crippen LogP contribution in [0.5, 0.6) is 5.75 Å². The Morgan fingerprint density at radius 3 is 2.67 bits per heavy atom. The first-order valence-corrected chi connectivity index (χ1v) is 9.36. The number of rotatable bonds is 8. The number of allylic oxidation sites excluding steroid dienone is 1. The van der Waals surface area contributed by atoms with Crippen LogP contribution >= 0.6 is 0 Å². The third kappa shape index (κ3) is 4.70. The van der Waals surface area contributed by atoms with Crippen LogP contribution in [0.4, 0.5) is 0 Å². The number of fused-ring (bicyclic) bond motifs is 1. The van der Waals surface area contributed by atoms with Gasteiger partial charge in [-0.15, -0.1) is 6.58 Å². The molecule has 3 rings (SSSR count). The summed E-state index contributed by atoms with van der Waals surface area (Å²) in [6.07, 6.45) is 2.00. The molecule has 2 fully saturated rings. The van der Waals surface area contributed by atoms with Crippen molar-refractivity contribution >= 4 is 0 Å². The van der Waals surface area contributed by atoms with Gasteiger partial charge < -0.3 is 28.4 Å². The molecule has 150 valence electrons. The van der Waals surface area contributed by atoms with Crippen LogP contribution in [0.15, 0.2) is 36.9 Å². The molecule has 0 saturated carbocycles. The fourth-order valence-electron chi connectivity index (χ4n) is 3.67. The molecule has 0 bridgehead atoms. The van der Waals surface area contributed by atoms with Gasteiger partial charge >= 0.3 is 0 Å². The van der Waals surface area contributed by atoms with Crippen LogP contribution in [0.2, 0.25) is 0 Å². The van der Waals surface area contributed by atoms with Crippen LogP contribution < -0.4 is 4.74 Å². The second-order valence-corrected chi connectivity index (χ2v) is 7.34. The third-order valence-electron chi connectivity index (χ3n) is 4.90. The summed E-state index contributed by atoms with van der Waals surface area (Å²) >= 11 is 0. The van der Waals surface area contributed by atoms with Gasteiger partial charge in [0.25, 0.3) is 0 Å². The Morgan fingerprint density at radius 1 is 1.19 bits per heavy atom. The smallest absolute Gasteiger partial charge is 0.186 e. The van der Waals surface area contributed by atoms with Crippen LogP contribution in [0.3, 0.4) is 0 Å². The summed E-state index contributed by atoms with van der Waals surface area (Å²) in [4.78, 5) is 0. The number of hydrogen-bond acceptors (Lipinski definition) is 6. The molecule has 0 unspecified atom stereocenters. The van der Waals surface area contributed by atoms with E-state index in [-0.39, 0.29) is 18.3 Å². The molecule has 2 aliphatic heterocycles. The zero-order valence-electron chi connectivity index (χ0n) is 16.6. The number of benzene rings is 1. The second kappa shape index (κ2) is 8.71. The highest BCUT2D eigenvalue weighted by atomic mass is 16.8. The van der Waals surface area contributed by atoms with Crippen LogP contribution in [-0.2, 0) is 30.3 Å². The van der Waals surface area contributed by atoms with Crippen molar-refractivity contribution in [1.82, 2.24) is 0 Å². The molecular formula is C21H30O6. The van der Waals surface area contributed by atoms with E-state index < -0.39 is 18.2 Å². The van der Waals surface area contributed by atoms with Crippen molar-refractivity contribution in [3.05, 3.63) is 42.5 Å². The van der Waals surface area contributed by atoms with E-state index >= 15 is 0 Å². The van der Waals surface area contributed by atoms with Crippen molar-refractivity contribution in [2.75, 3.05) is 14.2 Å². The van der Waals surface area contributed by atoms with E-state index in [4.69, 9.17) is 28.4 Å². The highest BCUT2D eigenvalue weighted by molar-refractivity contribution is 5.27. The van der Waals surface area contributed by atoms with Gasteiger partial charge in [0.1, 0.15) is 24.1 Å². The molecule has 2 aliphatic rings. The van der Waals surface area contributed by atoms with Crippen molar-refractivity contribution in [3.8, 4) is 5.75 Å². The molecule has 0 N–H and O–H groups in total. The fraction of sp³-hybridized carbons (Fsp3) is 0.619. The lowest BCUT2D eigenvalue weighted by molar-refractivity contribution is -0.282. The molecule has 6 heteroatoms. The topological polar surface area (TPSA) is 55.4 Å². The van der Waals surface area contributed by atoms with Gasteiger partial charge in [-0.2, -0.15) is 0 Å². The minimum absolute atomic E-state index is 0.128. The Morgan fingerprint density at radius 2 is 1.96 bits per heavy atom. The van der Waals surface area contributed by atoms with Gasteiger partial charge in [-0.1, -0.05) is 18.2 Å². The van der Waals surface area contributed by atoms with Gasteiger partial charge in [0.2, 0.25) is 0 Å². The predicted molar refractivity (Wildman–Crippen MR) is 100 cm³/mol. The first-order valence-electron chi connectivity index (χ1n) is 9.36. The Balaban J connectivity index is 1.75. The Hall–Kier alpha value is -1.44. The third-order valence-corrected chi connectivity index (χ3v) is 4.90. The van der Waals surface area contributed by atoms with Crippen molar-refractivity contribution in [3.63, 3.8) is 0 Å². The summed E-state index contributed by atoms with van der Waals surface area (Å²) in [5, 5.41) is 0. The molecule has 2 saturated heterocycles. The molecule has 6 nitrogen and oxygen atoms in total. The van der Waals surface area contributed by atoms with Crippen LogP contribution in [0.1, 0.15) is 32.3 Å². The van der Waals surface area contributed by atoms with Crippen LogP contribution in [0, 0.1) is 0 Å². The zero-order chi connectivity index (χ0) is 19.4. The largest absolute Gasteiger partial charge is 0.497 e. The lowest BCUT2D eigenvalue weighted by Gasteiger charge is -2.41. The van der Waals surface area contributed by atoms with E-state index in [0.29, 0.717) is 6.61 Å². The molecule has 0 spiro atoms. The van der Waals surface area contributed by atoms with Crippen molar-refractivity contribution in [2.45, 2.75) is 69.8 Å². The highest BCUT2D eigenvalue weighted by Gasteiger charge is 2.55. The quantitative estimate of drug-likeness (QED) is 0.646. The minimum Gasteiger partial charge on any atom is -0.497 e. The maximum atomic E-state index is 6.20. The molecule has 27 heavy (non-hydrogen) atoms. The van der Waals surface area contributed by atoms with E-state index in [1.165, 1.54) is 0 Å². The number of ether oxygens (including phenoxy) is 6. The van der Waals surface area contributed by atoms with Crippen LogP contribution in [-0.4, -0.2) is 50.7 Å². The molecule has 1 aromatic rings. The van der Waals surface area contributed by atoms with Crippen molar-refractivity contribution < 1.29 is 28.4 Å². The summed E-state index contributed by atoms with van der Waals surface area (Å²) in [5.41, 5.74) is 1.01. The SMILES string of the molecule is C=CCC[C@H]1O[C@H](OC)[C@H](OCc2cccc(OC)c2)[C@H]2OC(C)(C)O[C@H]21. The monoisotopic (exact) mass is 378 g/mol. The lowest BCUT2D eigenvalue weighted by atomic mass is 9.95. The predicted octanol–water partition coefficient (Wildman–Crippen LogP) is 3.44. The Kier molecular flexibility index (Phi) is 6.55. The van der Waals surface area contributed by atoms with E-state index in [9.17, 15) is 0 Å². The summed E-state index contributed by atoms with van der Waals surface area (Å²) in [5.74, 6) is 0.106. The van der Waals surface area contributed by atoms with Crippen molar-refractivity contribution in [2.24, 2.45) is 0 Å². The summed E-state index contributed by atoms with van der Waals surface area (Å²) < 4.78 is 35.6. The fourth-order valence-corrected chi connectivity index (χ4v) is 3.67. The summed E-state index contributed by atoms with van der Waals surface area (Å²) in [6, 6.07) is 7.79. The lowest BCUT2D eigenvalue weighted by Crippen LogP contribution is -2.57. The molecule has 0 radical (unpaired) electrons. The highest BCUT2D eigenvalue weighted by Crippen LogP contribution is 2.40. The van der Waals surface area contributed by atoms with Crippen LogP contribution in [0.25, 0.3) is 0 Å². The van der Waals surface area contributed by atoms with E-state index in [0.717, 1.165) is 24.2 Å². The van der Waals surface area contributed by atoms with Gasteiger partial charge in [0, 0.05) is 7.11 Å². The van der Waals surface area contributed by atoms with E-state index in [1.54, 1.807) is 14.2 Å². The van der Waals surface area contributed by atoms with Gasteiger partial charge in [0.05, 0.1) is 19.8 Å². The molecular weight excluding hydrogens is 348 g/mol. The maximum absolute atomic E-state index is 6.20. The van der Waals surface area contributed by atoms with Gasteiger partial charge in [-0.05, 0) is 44.4 Å². The zero-order valence-corrected chi connectivity index (χ0v) is 16.6. The average molecular weight is 378 g/mol. The Labute approximate surface area is 161 Å². The summed E-state index contributed by atoms with van der Waals surface area (Å²) in [7, 11) is 3.27. The number of hydrogen-bond donors (Lipinski definition) is 0. The standard InChI is InChI=1S/C21H30O6/c1-6-7-11-16-17-18(27-21(2,3)26-17)19(20(23-5)25-16)24-13-14-9-8-10-15(12-14)22-4/h6,8-10,12,16-20H,1,7,11,13H2,2-5H3/t16-,17+,18+,19-,20+/m1/s1. The normalized spacial score (nSPS) is 32.1. The molecule has 0 aliphatic carbocycles. The van der Waals surface area contributed by atoms with E-state index in [2.05, 4.69) is 6.58 Å². The van der Waals surface area contributed by atoms with Crippen molar-refractivity contribution in [1.29, 1.82) is 0 Å². The molecule has 5 atom stereocenters. The maximum Gasteiger partial charge on any atom is 0.186 e. The molecule has 1 aromatic carbocycles. The second-order valence-electron chi connectivity index (χ2n) is 7.34. The molecule has 0 aromatic heterocycles. The first kappa shape index (κ1) is 20.3. The van der Waals surface area contributed by atoms with Gasteiger partial charge in [-0.25, -0.2) is 0 Å². The minimum atomic E-state index is -0.689. The molecule has 2 heterocycles. The first-order chi connectivity index (χ1) is 13.0. The summed E-state index contributed by atoms with van der Waals surface area (Å²) in [6.45, 7) is 8.02. The van der Waals surface area contributed by atoms with Gasteiger partial charge in [-0.3, -0.25) is 0 Å². The van der Waals surface area contributed by atoms with E-state index in [1.807, 2.05) is 44.2 Å². The Bertz CT molecular complexity index is 631. The average Bonchev–Trinajstić information content (AvgIpc) is 2.99. The van der Waals surface area contributed by atoms with Gasteiger partial charge in [0.15, 0.2) is 12.1 Å².